The van der Waals surface area contributed by atoms with E-state index in [-0.39, 0.29) is 23.8 Å². The summed E-state index contributed by atoms with van der Waals surface area (Å²) < 4.78 is 0. The maximum atomic E-state index is 12.6. The molecule has 2 aliphatic heterocycles. The maximum absolute atomic E-state index is 12.6. The molecule has 4 aliphatic rings. The van der Waals surface area contributed by atoms with Gasteiger partial charge in [0.2, 0.25) is 11.8 Å². The van der Waals surface area contributed by atoms with Crippen molar-refractivity contribution in [2.75, 3.05) is 37.6 Å². The molecule has 1 aromatic heterocycles. The molecule has 2 amide bonds. The number of amides is 2. The van der Waals surface area contributed by atoms with Gasteiger partial charge in [0.15, 0.2) is 0 Å². The Labute approximate surface area is 195 Å². The van der Waals surface area contributed by atoms with Crippen LogP contribution in [0.3, 0.4) is 0 Å². The number of hydrogen-bond acceptors (Lipinski definition) is 5. The van der Waals surface area contributed by atoms with Gasteiger partial charge in [-0.2, -0.15) is 5.26 Å². The van der Waals surface area contributed by atoms with Crippen LogP contribution < -0.4 is 4.90 Å². The molecule has 0 radical (unpaired) electrons. The van der Waals surface area contributed by atoms with E-state index in [1.54, 1.807) is 4.90 Å². The largest absolute Gasteiger partial charge is 0.352 e. The van der Waals surface area contributed by atoms with Crippen LogP contribution in [0.1, 0.15) is 61.8 Å². The zero-order chi connectivity index (χ0) is 23.1. The second-order valence-electron chi connectivity index (χ2n) is 9.76. The van der Waals surface area contributed by atoms with Gasteiger partial charge in [-0.15, -0.1) is 0 Å². The molecule has 1 unspecified atom stereocenters. The third kappa shape index (κ3) is 4.27. The molecular formula is C26H31N5O2. The van der Waals surface area contributed by atoms with Gasteiger partial charge < -0.3 is 14.7 Å². The van der Waals surface area contributed by atoms with Crippen LogP contribution in [0, 0.1) is 17.2 Å². The molecule has 3 fully saturated rings. The second-order valence-corrected chi connectivity index (χ2v) is 9.76. The Morgan fingerprint density at radius 1 is 1.21 bits per heavy atom. The lowest BCUT2D eigenvalue weighted by atomic mass is 9.95. The first kappa shape index (κ1) is 21.7. The average Bonchev–Trinajstić information content (AvgIpc) is 3.75. The van der Waals surface area contributed by atoms with E-state index in [4.69, 9.17) is 4.98 Å². The van der Waals surface area contributed by atoms with Crippen LogP contribution in [0.5, 0.6) is 0 Å². The van der Waals surface area contributed by atoms with Crippen molar-refractivity contribution in [1.82, 2.24) is 14.8 Å². The normalized spacial score (nSPS) is 23.1. The zero-order valence-corrected chi connectivity index (χ0v) is 19.3. The Morgan fingerprint density at radius 3 is 2.64 bits per heavy atom. The van der Waals surface area contributed by atoms with Gasteiger partial charge in [0.05, 0.1) is 11.3 Å². The van der Waals surface area contributed by atoms with Crippen LogP contribution in [0.2, 0.25) is 0 Å². The number of aromatic nitrogens is 1. The van der Waals surface area contributed by atoms with Crippen LogP contribution >= 0.6 is 0 Å². The molecule has 33 heavy (non-hydrogen) atoms. The Morgan fingerprint density at radius 2 is 2.00 bits per heavy atom. The summed E-state index contributed by atoms with van der Waals surface area (Å²) in [6.07, 6.45) is 8.58. The highest BCUT2D eigenvalue weighted by Crippen LogP contribution is 2.44. The Balaban J connectivity index is 1.43. The fourth-order valence-electron chi connectivity index (χ4n) is 5.06. The number of anilines is 1. The van der Waals surface area contributed by atoms with Gasteiger partial charge in [0.1, 0.15) is 11.9 Å². The summed E-state index contributed by atoms with van der Waals surface area (Å²) in [6, 6.07) is 4.46. The third-order valence-corrected chi connectivity index (χ3v) is 7.24. The summed E-state index contributed by atoms with van der Waals surface area (Å²) in [5.41, 5.74) is 3.70. The standard InChI is InChI=1S/C26H31N5O2/c1-3-23(32)29-10-4-5-20(16-29)22-13-21(14-27)25(28-24(22)18-6-7-18)30-11-12-31(17(2)15-30)26(33)19-8-9-19/h3,5,13,17-19H,1,4,6-12,15-16H2,2H3. The van der Waals surface area contributed by atoms with Crippen molar-refractivity contribution < 1.29 is 9.59 Å². The number of hydrogen-bond donors (Lipinski definition) is 0. The van der Waals surface area contributed by atoms with Crippen molar-refractivity contribution in [2.24, 2.45) is 5.92 Å². The first-order valence-corrected chi connectivity index (χ1v) is 12.1. The van der Waals surface area contributed by atoms with Gasteiger partial charge in [0.25, 0.3) is 0 Å². The SMILES string of the molecule is C=CC(=O)N1CCC=C(c2cc(C#N)c(N3CCN(C(=O)C4CC4)C(C)C3)nc2C2CC2)C1. The number of carbonyl (C=O) groups is 2. The van der Waals surface area contributed by atoms with Crippen molar-refractivity contribution in [1.29, 1.82) is 5.26 Å². The Kier molecular flexibility index (Phi) is 5.69. The molecule has 0 N–H and O–H groups in total. The number of rotatable bonds is 5. The summed E-state index contributed by atoms with van der Waals surface area (Å²) in [6.45, 7) is 8.97. The van der Waals surface area contributed by atoms with Crippen LogP contribution in [0.4, 0.5) is 5.82 Å². The molecule has 1 atom stereocenters. The van der Waals surface area contributed by atoms with Crippen LogP contribution in [-0.4, -0.2) is 65.4 Å². The summed E-state index contributed by atoms with van der Waals surface area (Å²) in [5.74, 6) is 1.60. The molecule has 0 aromatic carbocycles. The smallest absolute Gasteiger partial charge is 0.246 e. The van der Waals surface area contributed by atoms with E-state index >= 15 is 0 Å². The Bertz CT molecular complexity index is 1060. The zero-order valence-electron chi connectivity index (χ0n) is 19.3. The fraction of sp³-hybridized carbons (Fsp3) is 0.538. The molecule has 7 nitrogen and oxygen atoms in total. The van der Waals surface area contributed by atoms with Gasteiger partial charge in [-0.25, -0.2) is 4.98 Å². The Hall–Kier alpha value is -3.14. The first-order chi connectivity index (χ1) is 16.0. The molecule has 2 saturated carbocycles. The highest BCUT2D eigenvalue weighted by molar-refractivity contribution is 5.89. The summed E-state index contributed by atoms with van der Waals surface area (Å²) >= 11 is 0. The maximum Gasteiger partial charge on any atom is 0.246 e. The van der Waals surface area contributed by atoms with Crippen molar-refractivity contribution in [3.63, 3.8) is 0 Å². The molecule has 2 aliphatic carbocycles. The number of nitrogens with zero attached hydrogens (tertiary/aromatic N) is 5. The number of pyridine rings is 1. The van der Waals surface area contributed by atoms with E-state index in [2.05, 4.69) is 30.5 Å². The molecule has 7 heteroatoms. The van der Waals surface area contributed by atoms with Crippen molar-refractivity contribution in [2.45, 2.75) is 51.0 Å². The minimum absolute atomic E-state index is 0.0636. The topological polar surface area (TPSA) is 80.5 Å². The second kappa shape index (κ2) is 8.66. The molecular weight excluding hydrogens is 414 g/mol. The molecule has 1 aromatic rings. The monoisotopic (exact) mass is 445 g/mol. The molecule has 3 heterocycles. The molecule has 1 saturated heterocycles. The lowest BCUT2D eigenvalue weighted by Gasteiger charge is -2.41. The van der Waals surface area contributed by atoms with Crippen LogP contribution in [-0.2, 0) is 9.59 Å². The third-order valence-electron chi connectivity index (χ3n) is 7.24. The summed E-state index contributed by atoms with van der Waals surface area (Å²) in [4.78, 5) is 35.9. The molecule has 5 rings (SSSR count). The quantitative estimate of drug-likeness (QED) is 0.651. The van der Waals surface area contributed by atoms with Crippen molar-refractivity contribution in [3.05, 3.63) is 41.6 Å². The highest BCUT2D eigenvalue weighted by Gasteiger charge is 2.38. The highest BCUT2D eigenvalue weighted by atomic mass is 16.2. The number of carbonyl (C=O) groups excluding carboxylic acids is 2. The number of piperazine rings is 1. The van der Waals surface area contributed by atoms with Crippen LogP contribution in [0.25, 0.3) is 5.57 Å². The van der Waals surface area contributed by atoms with Gasteiger partial charge in [-0.3, -0.25) is 9.59 Å². The summed E-state index contributed by atoms with van der Waals surface area (Å²) in [5, 5.41) is 10.0. The van der Waals surface area contributed by atoms with Gasteiger partial charge in [0, 0.05) is 56.2 Å². The minimum Gasteiger partial charge on any atom is -0.352 e. The summed E-state index contributed by atoms with van der Waals surface area (Å²) in [7, 11) is 0. The predicted octanol–water partition coefficient (Wildman–Crippen LogP) is 3.08. The predicted molar refractivity (Wildman–Crippen MR) is 126 cm³/mol. The fourth-order valence-corrected chi connectivity index (χ4v) is 5.06. The average molecular weight is 446 g/mol. The lowest BCUT2D eigenvalue weighted by Crippen LogP contribution is -2.55. The molecule has 0 bridgehead atoms. The van der Waals surface area contributed by atoms with Crippen molar-refractivity contribution in [3.8, 4) is 6.07 Å². The molecule has 0 spiro atoms. The van der Waals surface area contributed by atoms with Gasteiger partial charge in [-0.05, 0) is 56.7 Å². The van der Waals surface area contributed by atoms with Crippen molar-refractivity contribution >= 4 is 23.2 Å². The van der Waals surface area contributed by atoms with E-state index in [9.17, 15) is 14.9 Å². The van der Waals surface area contributed by atoms with Gasteiger partial charge >= 0.3 is 0 Å². The van der Waals surface area contributed by atoms with E-state index in [1.807, 2.05) is 11.0 Å². The van der Waals surface area contributed by atoms with E-state index < -0.39 is 0 Å². The molecule has 172 valence electrons. The van der Waals surface area contributed by atoms with Gasteiger partial charge in [-0.1, -0.05) is 12.7 Å². The van der Waals surface area contributed by atoms with E-state index in [1.165, 1.54) is 6.08 Å². The van der Waals surface area contributed by atoms with E-state index in [0.29, 0.717) is 44.2 Å². The number of nitriles is 1. The first-order valence-electron chi connectivity index (χ1n) is 12.1. The minimum atomic E-state index is -0.0636. The van der Waals surface area contributed by atoms with E-state index in [0.717, 1.165) is 54.8 Å². The van der Waals surface area contributed by atoms with Crippen LogP contribution in [0.15, 0.2) is 24.8 Å². The lowest BCUT2D eigenvalue weighted by molar-refractivity contribution is -0.135.